The number of ketones is 1. The van der Waals surface area contributed by atoms with Gasteiger partial charge in [-0.15, -0.1) is 11.3 Å². The molecule has 1 atom stereocenters. The van der Waals surface area contributed by atoms with Crippen LogP contribution in [0.25, 0.3) is 5.76 Å². The Bertz CT molecular complexity index is 1490. The zero-order chi connectivity index (χ0) is 26.1. The summed E-state index contributed by atoms with van der Waals surface area (Å²) >= 11 is 1.41. The van der Waals surface area contributed by atoms with Crippen molar-refractivity contribution in [1.82, 2.24) is 0 Å². The van der Waals surface area contributed by atoms with Gasteiger partial charge in [0, 0.05) is 10.6 Å². The Morgan fingerprint density at radius 2 is 1.62 bits per heavy atom. The Morgan fingerprint density at radius 3 is 2.27 bits per heavy atom. The summed E-state index contributed by atoms with van der Waals surface area (Å²) < 4.78 is 11.4. The van der Waals surface area contributed by atoms with Crippen molar-refractivity contribution >= 4 is 34.5 Å². The minimum absolute atomic E-state index is 0.0281. The number of anilines is 1. The average Bonchev–Trinajstić information content (AvgIpc) is 3.51. The first kappa shape index (κ1) is 24.3. The SMILES string of the molecule is COc1c(C)cc(C)cc1/C(O)=C1/C(=O)C(=O)N(c2ccc(Oc3ccccc3)cc2)C1c1cccs1. The molecule has 0 spiro atoms. The fourth-order valence-electron chi connectivity index (χ4n) is 4.66. The summed E-state index contributed by atoms with van der Waals surface area (Å²) in [5.41, 5.74) is 2.65. The Morgan fingerprint density at radius 1 is 0.919 bits per heavy atom. The van der Waals surface area contributed by atoms with Crippen molar-refractivity contribution in [3.8, 4) is 17.2 Å². The van der Waals surface area contributed by atoms with Crippen molar-refractivity contribution in [1.29, 1.82) is 0 Å². The molecule has 1 fully saturated rings. The van der Waals surface area contributed by atoms with E-state index in [-0.39, 0.29) is 11.3 Å². The van der Waals surface area contributed by atoms with E-state index >= 15 is 0 Å². The lowest BCUT2D eigenvalue weighted by molar-refractivity contribution is -0.132. The van der Waals surface area contributed by atoms with Crippen molar-refractivity contribution in [2.75, 3.05) is 12.0 Å². The maximum absolute atomic E-state index is 13.4. The quantitative estimate of drug-likeness (QED) is 0.175. The third kappa shape index (κ3) is 4.49. The number of Topliss-reactive ketones (excluding diaryl/α,β-unsaturated/α-hetero) is 1. The number of hydrogen-bond donors (Lipinski definition) is 1. The lowest BCUT2D eigenvalue weighted by Gasteiger charge is -2.24. The topological polar surface area (TPSA) is 76.1 Å². The van der Waals surface area contributed by atoms with E-state index in [2.05, 4.69) is 0 Å². The third-order valence-electron chi connectivity index (χ3n) is 6.23. The molecule has 0 saturated carbocycles. The summed E-state index contributed by atoms with van der Waals surface area (Å²) in [5, 5.41) is 13.4. The lowest BCUT2D eigenvalue weighted by Crippen LogP contribution is -2.29. The highest BCUT2D eigenvalue weighted by molar-refractivity contribution is 7.10. The molecule has 1 aliphatic heterocycles. The summed E-state index contributed by atoms with van der Waals surface area (Å²) in [6.45, 7) is 3.77. The molecule has 2 heterocycles. The number of aliphatic hydroxyl groups excluding tert-OH is 1. The standard InChI is InChI=1S/C30H25NO5S/c1-18-16-19(2)29(35-3)23(17-18)27(32)25-26(24-10-7-15-37-24)31(30(34)28(25)33)20-11-13-22(14-12-20)36-21-8-5-4-6-9-21/h4-17,26,32H,1-3H3/b27-25-. The molecule has 0 bridgehead atoms. The van der Waals surface area contributed by atoms with Crippen LogP contribution in [0.2, 0.25) is 0 Å². The zero-order valence-corrected chi connectivity index (χ0v) is 21.4. The second kappa shape index (κ2) is 9.95. The van der Waals surface area contributed by atoms with Crippen LogP contribution in [0.1, 0.15) is 27.6 Å². The van der Waals surface area contributed by atoms with Crippen LogP contribution in [0.15, 0.2) is 89.8 Å². The molecule has 1 unspecified atom stereocenters. The van der Waals surface area contributed by atoms with Gasteiger partial charge in [-0.2, -0.15) is 0 Å². The van der Waals surface area contributed by atoms with Crippen LogP contribution < -0.4 is 14.4 Å². The first-order chi connectivity index (χ1) is 17.9. The van der Waals surface area contributed by atoms with Gasteiger partial charge in [-0.25, -0.2) is 0 Å². The fraction of sp³-hybridized carbons (Fsp3) is 0.133. The first-order valence-corrected chi connectivity index (χ1v) is 12.6. The van der Waals surface area contributed by atoms with Crippen molar-refractivity contribution in [2.45, 2.75) is 19.9 Å². The van der Waals surface area contributed by atoms with Crippen LogP contribution in [0, 0.1) is 13.8 Å². The van der Waals surface area contributed by atoms with Crippen LogP contribution in [0.3, 0.4) is 0 Å². The number of carbonyl (C=O) groups excluding carboxylic acids is 2. The smallest absolute Gasteiger partial charge is 0.300 e. The van der Waals surface area contributed by atoms with E-state index in [0.717, 1.165) is 16.0 Å². The van der Waals surface area contributed by atoms with Crippen molar-refractivity contribution < 1.29 is 24.2 Å². The van der Waals surface area contributed by atoms with E-state index in [0.29, 0.717) is 28.5 Å². The van der Waals surface area contributed by atoms with E-state index in [1.807, 2.05) is 67.8 Å². The number of methoxy groups -OCH3 is 1. The summed E-state index contributed by atoms with van der Waals surface area (Å²) in [4.78, 5) is 29.0. The van der Waals surface area contributed by atoms with Gasteiger partial charge in [0.1, 0.15) is 29.0 Å². The number of aliphatic hydroxyl groups is 1. The minimum atomic E-state index is -0.786. The van der Waals surface area contributed by atoms with E-state index in [4.69, 9.17) is 9.47 Å². The second-order valence-corrected chi connectivity index (χ2v) is 9.74. The molecule has 1 amide bonds. The number of carbonyl (C=O) groups is 2. The number of amides is 1. The number of hydrogen-bond acceptors (Lipinski definition) is 6. The molecule has 1 saturated heterocycles. The zero-order valence-electron chi connectivity index (χ0n) is 20.6. The van der Waals surface area contributed by atoms with Gasteiger partial charge < -0.3 is 14.6 Å². The van der Waals surface area contributed by atoms with Gasteiger partial charge in [0.25, 0.3) is 11.7 Å². The molecule has 7 heteroatoms. The van der Waals surface area contributed by atoms with E-state index < -0.39 is 17.7 Å². The number of benzene rings is 3. The number of nitrogens with zero attached hydrogens (tertiary/aromatic N) is 1. The largest absolute Gasteiger partial charge is 0.507 e. The molecule has 1 aromatic heterocycles. The van der Waals surface area contributed by atoms with Crippen LogP contribution in [-0.2, 0) is 9.59 Å². The summed E-state index contributed by atoms with van der Waals surface area (Å²) in [5.74, 6) is 0.0335. The molecule has 3 aromatic carbocycles. The second-order valence-electron chi connectivity index (χ2n) is 8.76. The highest BCUT2D eigenvalue weighted by Gasteiger charge is 2.47. The Balaban J connectivity index is 1.60. The number of para-hydroxylation sites is 1. The highest BCUT2D eigenvalue weighted by atomic mass is 32.1. The summed E-state index contributed by atoms with van der Waals surface area (Å²) in [6, 6.07) is 23.0. The predicted molar refractivity (Wildman–Crippen MR) is 145 cm³/mol. The normalized spacial score (nSPS) is 16.7. The summed E-state index contributed by atoms with van der Waals surface area (Å²) in [7, 11) is 1.52. The monoisotopic (exact) mass is 511 g/mol. The molecule has 5 rings (SSSR count). The molecule has 0 aliphatic carbocycles. The van der Waals surface area contributed by atoms with Crippen molar-refractivity contribution in [3.05, 3.63) is 111 Å². The van der Waals surface area contributed by atoms with Crippen LogP contribution in [0.4, 0.5) is 5.69 Å². The van der Waals surface area contributed by atoms with Gasteiger partial charge in [-0.3, -0.25) is 14.5 Å². The minimum Gasteiger partial charge on any atom is -0.507 e. The van der Waals surface area contributed by atoms with Gasteiger partial charge in [0.2, 0.25) is 0 Å². The highest BCUT2D eigenvalue weighted by Crippen LogP contribution is 2.45. The van der Waals surface area contributed by atoms with Gasteiger partial charge >= 0.3 is 0 Å². The van der Waals surface area contributed by atoms with Gasteiger partial charge in [0.15, 0.2) is 0 Å². The Labute approximate surface area is 219 Å². The van der Waals surface area contributed by atoms with Crippen LogP contribution >= 0.6 is 11.3 Å². The van der Waals surface area contributed by atoms with Gasteiger partial charge in [-0.05, 0) is 78.9 Å². The predicted octanol–water partition coefficient (Wildman–Crippen LogP) is 6.79. The van der Waals surface area contributed by atoms with Crippen LogP contribution in [-0.4, -0.2) is 23.9 Å². The lowest BCUT2D eigenvalue weighted by atomic mass is 9.96. The number of aryl methyl sites for hydroxylation is 2. The average molecular weight is 512 g/mol. The molecular weight excluding hydrogens is 486 g/mol. The van der Waals surface area contributed by atoms with Gasteiger partial charge in [0.05, 0.1) is 18.2 Å². The van der Waals surface area contributed by atoms with E-state index in [1.54, 1.807) is 30.3 Å². The van der Waals surface area contributed by atoms with E-state index in [9.17, 15) is 14.7 Å². The van der Waals surface area contributed by atoms with Gasteiger partial charge in [-0.1, -0.05) is 30.3 Å². The molecule has 186 valence electrons. The van der Waals surface area contributed by atoms with Crippen molar-refractivity contribution in [2.24, 2.45) is 0 Å². The third-order valence-corrected chi connectivity index (χ3v) is 7.15. The Hall–Kier alpha value is -4.36. The molecule has 6 nitrogen and oxygen atoms in total. The molecular formula is C30H25NO5S. The first-order valence-electron chi connectivity index (χ1n) is 11.7. The summed E-state index contributed by atoms with van der Waals surface area (Å²) in [6.07, 6.45) is 0. The number of rotatable bonds is 6. The molecule has 37 heavy (non-hydrogen) atoms. The number of ether oxygens (including phenoxy) is 2. The van der Waals surface area contributed by atoms with E-state index in [1.165, 1.54) is 23.3 Å². The number of thiophene rings is 1. The fourth-order valence-corrected chi connectivity index (χ4v) is 5.48. The molecule has 1 aliphatic rings. The Kier molecular flexibility index (Phi) is 6.54. The maximum atomic E-state index is 13.4. The molecule has 1 N–H and O–H groups in total. The van der Waals surface area contributed by atoms with Crippen molar-refractivity contribution in [3.63, 3.8) is 0 Å². The van der Waals surface area contributed by atoms with Crippen LogP contribution in [0.5, 0.6) is 17.2 Å². The molecule has 0 radical (unpaired) electrons. The maximum Gasteiger partial charge on any atom is 0.300 e. The molecule has 4 aromatic rings.